The van der Waals surface area contributed by atoms with Crippen molar-refractivity contribution in [3.05, 3.63) is 62.3 Å². The van der Waals surface area contributed by atoms with E-state index < -0.39 is 5.82 Å². The molecule has 0 atom stereocenters. The second-order valence-corrected chi connectivity index (χ2v) is 5.66. The van der Waals surface area contributed by atoms with Crippen molar-refractivity contribution in [2.75, 3.05) is 6.61 Å². The minimum absolute atomic E-state index is 0.176. The van der Waals surface area contributed by atoms with E-state index in [1.807, 2.05) is 6.92 Å². The van der Waals surface area contributed by atoms with Gasteiger partial charge < -0.3 is 4.74 Å². The molecule has 0 aliphatic carbocycles. The first-order valence-corrected chi connectivity index (χ1v) is 7.54. The van der Waals surface area contributed by atoms with Gasteiger partial charge >= 0.3 is 0 Å². The predicted molar refractivity (Wildman–Crippen MR) is 82.8 cm³/mol. The zero-order valence-corrected chi connectivity index (χ0v) is 13.8. The highest BCUT2D eigenvalue weighted by Crippen LogP contribution is 2.29. The molecule has 0 heterocycles. The van der Waals surface area contributed by atoms with Crippen LogP contribution in [-0.2, 0) is 0 Å². The summed E-state index contributed by atoms with van der Waals surface area (Å²) in [7, 11) is 0. The lowest BCUT2D eigenvalue weighted by molar-refractivity contribution is 0.103. The van der Waals surface area contributed by atoms with E-state index in [0.717, 1.165) is 0 Å². The Morgan fingerprint density at radius 2 is 2.00 bits per heavy atom. The van der Waals surface area contributed by atoms with Gasteiger partial charge in [-0.05, 0) is 69.1 Å². The number of rotatable bonds is 4. The van der Waals surface area contributed by atoms with E-state index in [2.05, 4.69) is 31.9 Å². The molecule has 2 rings (SSSR count). The number of benzene rings is 2. The lowest BCUT2D eigenvalue weighted by Crippen LogP contribution is -2.04. The van der Waals surface area contributed by atoms with Gasteiger partial charge in [0.1, 0.15) is 11.6 Å². The maximum Gasteiger partial charge on any atom is 0.194 e. The van der Waals surface area contributed by atoms with Crippen LogP contribution in [-0.4, -0.2) is 12.4 Å². The van der Waals surface area contributed by atoms with Crippen molar-refractivity contribution in [3.63, 3.8) is 0 Å². The number of hydrogen-bond donors (Lipinski definition) is 0. The van der Waals surface area contributed by atoms with Crippen molar-refractivity contribution < 1.29 is 13.9 Å². The third-order valence-electron chi connectivity index (χ3n) is 2.69. The lowest BCUT2D eigenvalue weighted by Gasteiger charge is -2.08. The number of hydrogen-bond acceptors (Lipinski definition) is 2. The lowest BCUT2D eigenvalue weighted by atomic mass is 10.0. The van der Waals surface area contributed by atoms with Crippen molar-refractivity contribution in [1.29, 1.82) is 0 Å². The number of ether oxygens (including phenoxy) is 1. The van der Waals surface area contributed by atoms with Crippen molar-refractivity contribution in [1.82, 2.24) is 0 Å². The SMILES string of the molecule is CCOc1ccc(C(=O)c2cccc(F)c2Br)cc1Br. The Morgan fingerprint density at radius 1 is 1.25 bits per heavy atom. The van der Waals surface area contributed by atoms with E-state index in [9.17, 15) is 9.18 Å². The van der Waals surface area contributed by atoms with Crippen molar-refractivity contribution in [2.45, 2.75) is 6.92 Å². The Morgan fingerprint density at radius 3 is 2.65 bits per heavy atom. The first kappa shape index (κ1) is 15.2. The molecule has 0 spiro atoms. The zero-order valence-electron chi connectivity index (χ0n) is 10.6. The highest BCUT2D eigenvalue weighted by atomic mass is 79.9. The van der Waals surface area contributed by atoms with Gasteiger partial charge in [0.15, 0.2) is 5.78 Å². The monoisotopic (exact) mass is 400 g/mol. The maximum atomic E-state index is 13.5. The van der Waals surface area contributed by atoms with E-state index in [4.69, 9.17) is 4.74 Å². The molecule has 2 aromatic carbocycles. The van der Waals surface area contributed by atoms with Crippen molar-refractivity contribution >= 4 is 37.6 Å². The largest absolute Gasteiger partial charge is 0.493 e. The molecule has 0 radical (unpaired) electrons. The average molecular weight is 402 g/mol. The molecule has 0 aliphatic heterocycles. The molecule has 0 aromatic heterocycles. The third kappa shape index (κ3) is 3.10. The normalized spacial score (nSPS) is 10.4. The van der Waals surface area contributed by atoms with Gasteiger partial charge in [0.2, 0.25) is 0 Å². The molecule has 0 N–H and O–H groups in total. The van der Waals surface area contributed by atoms with Crippen LogP contribution in [0.2, 0.25) is 0 Å². The fraction of sp³-hybridized carbons (Fsp3) is 0.133. The molecule has 0 aliphatic rings. The van der Waals surface area contributed by atoms with E-state index in [1.165, 1.54) is 12.1 Å². The molecule has 5 heteroatoms. The van der Waals surface area contributed by atoms with Crippen molar-refractivity contribution in [3.8, 4) is 5.75 Å². The summed E-state index contributed by atoms with van der Waals surface area (Å²) in [5.41, 5.74) is 0.757. The Labute approximate surface area is 133 Å². The molecule has 0 unspecified atom stereocenters. The average Bonchev–Trinajstić information content (AvgIpc) is 2.43. The Hall–Kier alpha value is -1.20. The minimum atomic E-state index is -0.458. The standard InChI is InChI=1S/C15H11Br2FO2/c1-2-20-13-7-6-9(8-11(13)16)15(19)10-4-3-5-12(18)14(10)17/h3-8H,2H2,1H3. The van der Waals surface area contributed by atoms with Crippen LogP contribution < -0.4 is 4.74 Å². The van der Waals surface area contributed by atoms with Gasteiger partial charge in [-0.3, -0.25) is 4.79 Å². The summed E-state index contributed by atoms with van der Waals surface area (Å²) in [6.07, 6.45) is 0. The molecular weight excluding hydrogens is 391 g/mol. The third-order valence-corrected chi connectivity index (χ3v) is 4.12. The summed E-state index contributed by atoms with van der Waals surface area (Å²) < 4.78 is 19.7. The van der Waals surface area contributed by atoms with E-state index in [-0.39, 0.29) is 10.3 Å². The van der Waals surface area contributed by atoms with E-state index in [0.29, 0.717) is 28.0 Å². The van der Waals surface area contributed by atoms with Crippen LogP contribution >= 0.6 is 31.9 Å². The van der Waals surface area contributed by atoms with Gasteiger partial charge in [-0.1, -0.05) is 6.07 Å². The molecule has 2 aromatic rings. The molecule has 20 heavy (non-hydrogen) atoms. The first-order chi connectivity index (χ1) is 9.54. The summed E-state index contributed by atoms with van der Waals surface area (Å²) in [6.45, 7) is 2.43. The van der Waals surface area contributed by atoms with E-state index >= 15 is 0 Å². The van der Waals surface area contributed by atoms with Gasteiger partial charge in [-0.15, -0.1) is 0 Å². The van der Waals surface area contributed by atoms with Gasteiger partial charge in [0.25, 0.3) is 0 Å². The fourth-order valence-electron chi connectivity index (χ4n) is 1.75. The second-order valence-electron chi connectivity index (χ2n) is 4.01. The second kappa shape index (κ2) is 6.50. The van der Waals surface area contributed by atoms with Crippen LogP contribution in [0.3, 0.4) is 0 Å². The number of carbonyl (C=O) groups excluding carboxylic acids is 1. The van der Waals surface area contributed by atoms with Crippen LogP contribution in [0.5, 0.6) is 5.75 Å². The van der Waals surface area contributed by atoms with Gasteiger partial charge in [0, 0.05) is 11.1 Å². The molecule has 0 saturated heterocycles. The van der Waals surface area contributed by atoms with Crippen molar-refractivity contribution in [2.24, 2.45) is 0 Å². The number of halogens is 3. The van der Waals surface area contributed by atoms with Crippen LogP contribution in [0.4, 0.5) is 4.39 Å². The highest BCUT2D eigenvalue weighted by molar-refractivity contribution is 9.10. The molecular formula is C15H11Br2FO2. The van der Waals surface area contributed by atoms with Gasteiger partial charge in [-0.2, -0.15) is 0 Å². The smallest absolute Gasteiger partial charge is 0.194 e. The number of carbonyl (C=O) groups is 1. The fourth-order valence-corrected chi connectivity index (χ4v) is 2.69. The summed E-state index contributed by atoms with van der Waals surface area (Å²) in [5, 5.41) is 0. The van der Waals surface area contributed by atoms with Crippen LogP contribution in [0.15, 0.2) is 45.3 Å². The number of ketones is 1. The maximum absolute atomic E-state index is 13.5. The van der Waals surface area contributed by atoms with Crippen LogP contribution in [0.1, 0.15) is 22.8 Å². The zero-order chi connectivity index (χ0) is 14.7. The Kier molecular flexibility index (Phi) is 4.94. The topological polar surface area (TPSA) is 26.3 Å². The summed E-state index contributed by atoms with van der Waals surface area (Å²) >= 11 is 6.46. The quantitative estimate of drug-likeness (QED) is 0.675. The van der Waals surface area contributed by atoms with E-state index in [1.54, 1.807) is 24.3 Å². The van der Waals surface area contributed by atoms with Crippen LogP contribution in [0, 0.1) is 5.82 Å². The summed E-state index contributed by atoms with van der Waals surface area (Å²) in [4.78, 5) is 12.4. The molecule has 0 amide bonds. The first-order valence-electron chi connectivity index (χ1n) is 5.95. The van der Waals surface area contributed by atoms with Gasteiger partial charge in [0.05, 0.1) is 15.6 Å². The molecule has 2 nitrogen and oxygen atoms in total. The molecule has 0 fully saturated rings. The molecule has 104 valence electrons. The summed E-state index contributed by atoms with van der Waals surface area (Å²) in [6, 6.07) is 9.44. The molecule has 0 saturated carbocycles. The minimum Gasteiger partial charge on any atom is -0.493 e. The Bertz CT molecular complexity index is 656. The highest BCUT2D eigenvalue weighted by Gasteiger charge is 2.16. The summed E-state index contributed by atoms with van der Waals surface area (Å²) in [5.74, 6) is -0.0386. The van der Waals surface area contributed by atoms with Crippen LogP contribution in [0.25, 0.3) is 0 Å². The van der Waals surface area contributed by atoms with Gasteiger partial charge in [-0.25, -0.2) is 4.39 Å². The predicted octanol–water partition coefficient (Wildman–Crippen LogP) is 4.98. The molecule has 0 bridgehead atoms. The Balaban J connectivity index is 2.39.